The molecular weight excluding hydrogens is 386 g/mol. The van der Waals surface area contributed by atoms with E-state index in [2.05, 4.69) is 26.1 Å². The van der Waals surface area contributed by atoms with E-state index < -0.39 is 18.0 Å². The van der Waals surface area contributed by atoms with Crippen molar-refractivity contribution in [3.8, 4) is 0 Å². The molecule has 2 aromatic carbocycles. The molecule has 30 heavy (non-hydrogen) atoms. The Morgan fingerprint density at radius 1 is 1.13 bits per heavy atom. The van der Waals surface area contributed by atoms with Crippen molar-refractivity contribution in [2.45, 2.75) is 19.9 Å². The smallest absolute Gasteiger partial charge is 0.335 e. The second-order valence-electron chi connectivity index (χ2n) is 7.08. The third-order valence-corrected chi connectivity index (χ3v) is 5.03. The van der Waals surface area contributed by atoms with Crippen molar-refractivity contribution < 1.29 is 19.5 Å². The van der Waals surface area contributed by atoms with E-state index >= 15 is 0 Å². The number of nitrogens with zero attached hydrogens (tertiary/aromatic N) is 1. The molecule has 2 heterocycles. The molecule has 9 nitrogen and oxygen atoms in total. The summed E-state index contributed by atoms with van der Waals surface area (Å²) in [5.74, 6) is -1.42. The van der Waals surface area contributed by atoms with Crippen LogP contribution in [-0.4, -0.2) is 33.2 Å². The molecule has 9 heteroatoms. The molecule has 1 unspecified atom stereocenters. The second-order valence-corrected chi connectivity index (χ2v) is 7.08. The van der Waals surface area contributed by atoms with E-state index in [-0.39, 0.29) is 11.5 Å². The highest BCUT2D eigenvalue weighted by atomic mass is 16.4. The minimum absolute atomic E-state index is 0.166. The summed E-state index contributed by atoms with van der Waals surface area (Å²) in [5, 5.41) is 25.2. The summed E-state index contributed by atoms with van der Waals surface area (Å²) < 4.78 is 0. The molecule has 3 aromatic rings. The van der Waals surface area contributed by atoms with E-state index in [0.29, 0.717) is 28.1 Å². The van der Waals surface area contributed by atoms with Crippen LogP contribution in [0.25, 0.3) is 10.9 Å². The van der Waals surface area contributed by atoms with Gasteiger partial charge in [0.2, 0.25) is 0 Å². The molecule has 5 N–H and O–H groups in total. The van der Waals surface area contributed by atoms with E-state index in [1.165, 1.54) is 6.07 Å². The van der Waals surface area contributed by atoms with Gasteiger partial charge in [0.05, 0.1) is 28.9 Å². The van der Waals surface area contributed by atoms with Gasteiger partial charge in [-0.05, 0) is 49.2 Å². The fourth-order valence-electron chi connectivity index (χ4n) is 3.57. The first-order chi connectivity index (χ1) is 14.3. The van der Waals surface area contributed by atoms with Crippen molar-refractivity contribution in [1.82, 2.24) is 20.8 Å². The molecule has 4 rings (SSSR count). The number of hydrogen-bond donors (Lipinski definition) is 5. The maximum atomic E-state index is 13.1. The lowest BCUT2D eigenvalue weighted by Gasteiger charge is -2.29. The highest BCUT2D eigenvalue weighted by Crippen LogP contribution is 2.29. The largest absolute Gasteiger partial charge is 0.478 e. The minimum atomic E-state index is -1.03. The van der Waals surface area contributed by atoms with Crippen LogP contribution in [-0.2, 0) is 4.79 Å². The number of fused-ring (bicyclic) bond motifs is 1. The van der Waals surface area contributed by atoms with Crippen molar-refractivity contribution in [2.24, 2.45) is 0 Å². The van der Waals surface area contributed by atoms with Crippen molar-refractivity contribution in [2.75, 3.05) is 5.32 Å². The third kappa shape index (κ3) is 3.48. The van der Waals surface area contributed by atoms with E-state index in [1.54, 1.807) is 44.3 Å². The SMILES string of the molecule is CC1=C(C(=O)Nc2ccc3[nH]ncc3c2)C(c2ccc(C(=O)O)c(C)c2)NC(=O)N1. The third-order valence-electron chi connectivity index (χ3n) is 5.03. The number of aromatic carboxylic acids is 1. The van der Waals surface area contributed by atoms with Crippen LogP contribution in [0.15, 0.2) is 53.9 Å². The van der Waals surface area contributed by atoms with Gasteiger partial charge in [-0.25, -0.2) is 9.59 Å². The van der Waals surface area contributed by atoms with Gasteiger partial charge in [-0.3, -0.25) is 9.89 Å². The molecule has 1 aromatic heterocycles. The van der Waals surface area contributed by atoms with Gasteiger partial charge in [-0.1, -0.05) is 12.1 Å². The van der Waals surface area contributed by atoms with Crippen LogP contribution in [0.3, 0.4) is 0 Å². The highest BCUT2D eigenvalue weighted by molar-refractivity contribution is 6.07. The molecule has 0 bridgehead atoms. The van der Waals surface area contributed by atoms with E-state index in [4.69, 9.17) is 0 Å². The summed E-state index contributed by atoms with van der Waals surface area (Å²) in [5.41, 5.74) is 3.51. The van der Waals surface area contributed by atoms with E-state index in [1.807, 2.05) is 6.07 Å². The quantitative estimate of drug-likeness (QED) is 0.455. The number of benzene rings is 2. The first-order valence-corrected chi connectivity index (χ1v) is 9.20. The molecule has 0 aliphatic carbocycles. The zero-order chi connectivity index (χ0) is 21.4. The molecule has 0 radical (unpaired) electrons. The standard InChI is InChI=1S/C21H19N5O4/c1-10-7-12(3-5-15(10)20(28)29)18-17(11(2)23-21(30)25-18)19(27)24-14-4-6-16-13(8-14)9-22-26-16/h3-9,18H,1-2H3,(H,22,26)(H,24,27)(H,28,29)(H2,23,25,30). The number of carbonyl (C=O) groups is 3. The Kier molecular flexibility index (Phi) is 4.71. The molecule has 1 aliphatic heterocycles. The summed E-state index contributed by atoms with van der Waals surface area (Å²) in [4.78, 5) is 36.5. The summed E-state index contributed by atoms with van der Waals surface area (Å²) in [6, 6.07) is 8.94. The van der Waals surface area contributed by atoms with E-state index in [9.17, 15) is 19.5 Å². The highest BCUT2D eigenvalue weighted by Gasteiger charge is 2.31. The van der Waals surface area contributed by atoms with Crippen molar-refractivity contribution >= 4 is 34.5 Å². The monoisotopic (exact) mass is 405 g/mol. The van der Waals surface area contributed by atoms with Crippen LogP contribution >= 0.6 is 0 Å². The number of carboxylic acid groups (broad SMARTS) is 1. The van der Waals surface area contributed by atoms with Gasteiger partial charge in [-0.15, -0.1) is 0 Å². The fraction of sp³-hybridized carbons (Fsp3) is 0.143. The summed E-state index contributed by atoms with van der Waals surface area (Å²) in [6.07, 6.45) is 1.66. The number of allylic oxidation sites excluding steroid dienone is 1. The molecule has 0 fully saturated rings. The van der Waals surface area contributed by atoms with Gasteiger partial charge in [0.25, 0.3) is 5.91 Å². The number of aromatic nitrogens is 2. The van der Waals surface area contributed by atoms with Crippen molar-refractivity contribution in [1.29, 1.82) is 0 Å². The number of nitrogens with one attached hydrogen (secondary N) is 4. The summed E-state index contributed by atoms with van der Waals surface area (Å²) in [6.45, 7) is 3.32. The lowest BCUT2D eigenvalue weighted by atomic mass is 9.92. The van der Waals surface area contributed by atoms with Gasteiger partial charge in [0.1, 0.15) is 0 Å². The molecule has 0 saturated carbocycles. The Balaban J connectivity index is 1.68. The number of carboxylic acids is 1. The second kappa shape index (κ2) is 7.36. The van der Waals surface area contributed by atoms with Crippen LogP contribution in [0.2, 0.25) is 0 Å². The van der Waals surface area contributed by atoms with Crippen LogP contribution in [0.5, 0.6) is 0 Å². The average Bonchev–Trinajstić information content (AvgIpc) is 3.14. The minimum Gasteiger partial charge on any atom is -0.478 e. The number of urea groups is 1. The van der Waals surface area contributed by atoms with Crippen LogP contribution in [0.1, 0.15) is 34.5 Å². The van der Waals surface area contributed by atoms with E-state index in [0.717, 1.165) is 10.9 Å². The topological polar surface area (TPSA) is 136 Å². The molecule has 152 valence electrons. The summed E-state index contributed by atoms with van der Waals surface area (Å²) in [7, 11) is 0. The Morgan fingerprint density at radius 2 is 1.93 bits per heavy atom. The molecule has 0 saturated heterocycles. The lowest BCUT2D eigenvalue weighted by molar-refractivity contribution is -0.113. The van der Waals surface area contributed by atoms with Gasteiger partial charge in [0, 0.05) is 16.8 Å². The first-order valence-electron chi connectivity index (χ1n) is 9.20. The molecule has 3 amide bonds. The van der Waals surface area contributed by atoms with Gasteiger partial charge >= 0.3 is 12.0 Å². The number of H-pyrrole nitrogens is 1. The number of rotatable bonds is 4. The first kappa shape index (κ1) is 19.2. The lowest BCUT2D eigenvalue weighted by Crippen LogP contribution is -2.46. The predicted molar refractivity (Wildman–Crippen MR) is 110 cm³/mol. The molecule has 1 aliphatic rings. The summed E-state index contributed by atoms with van der Waals surface area (Å²) >= 11 is 0. The fourth-order valence-corrected chi connectivity index (χ4v) is 3.57. The number of hydrogen-bond acceptors (Lipinski definition) is 4. The van der Waals surface area contributed by atoms with Crippen LogP contribution < -0.4 is 16.0 Å². The Bertz CT molecular complexity index is 1230. The molecule has 0 spiro atoms. The Labute approximate surface area is 171 Å². The molecular formula is C21H19N5O4. The maximum Gasteiger partial charge on any atom is 0.335 e. The van der Waals surface area contributed by atoms with Crippen molar-refractivity contribution in [3.63, 3.8) is 0 Å². The zero-order valence-electron chi connectivity index (χ0n) is 16.2. The number of carbonyl (C=O) groups excluding carboxylic acids is 2. The van der Waals surface area contributed by atoms with Gasteiger partial charge in [0.15, 0.2) is 0 Å². The van der Waals surface area contributed by atoms with Crippen molar-refractivity contribution in [3.05, 3.63) is 70.6 Å². The number of aromatic amines is 1. The Hall–Kier alpha value is -4.14. The van der Waals surface area contributed by atoms with Crippen LogP contribution in [0.4, 0.5) is 10.5 Å². The average molecular weight is 405 g/mol. The number of aryl methyl sites for hydroxylation is 1. The zero-order valence-corrected chi connectivity index (χ0v) is 16.2. The Morgan fingerprint density at radius 3 is 2.67 bits per heavy atom. The maximum absolute atomic E-state index is 13.1. The predicted octanol–water partition coefficient (Wildman–Crippen LogP) is 2.84. The van der Waals surface area contributed by atoms with Crippen LogP contribution in [0, 0.1) is 6.92 Å². The number of anilines is 1. The van der Waals surface area contributed by atoms with Gasteiger partial charge in [-0.2, -0.15) is 5.10 Å². The molecule has 1 atom stereocenters. The normalized spacial score (nSPS) is 16.2. The van der Waals surface area contributed by atoms with Gasteiger partial charge < -0.3 is 21.1 Å². The number of amides is 3.